The molecule has 2 saturated carbocycles. The van der Waals surface area contributed by atoms with Gasteiger partial charge in [0.05, 0.1) is 5.41 Å². The lowest BCUT2D eigenvalue weighted by molar-refractivity contribution is 0.283. The van der Waals surface area contributed by atoms with Crippen LogP contribution >= 0.6 is 0 Å². The van der Waals surface area contributed by atoms with Crippen molar-refractivity contribution in [2.24, 2.45) is 11.7 Å². The minimum Gasteiger partial charge on any atom is -0.339 e. The third kappa shape index (κ3) is 1.75. The van der Waals surface area contributed by atoms with E-state index in [4.69, 9.17) is 10.3 Å². The fourth-order valence-electron chi connectivity index (χ4n) is 2.69. The lowest BCUT2D eigenvalue weighted by Crippen LogP contribution is -2.32. The van der Waals surface area contributed by atoms with Gasteiger partial charge in [-0.05, 0) is 31.6 Å². The smallest absolute Gasteiger partial charge is 0.234 e. The Morgan fingerprint density at radius 2 is 2.06 bits per heavy atom. The Morgan fingerprint density at radius 1 is 1.31 bits per heavy atom. The van der Waals surface area contributed by atoms with Gasteiger partial charge in [0.25, 0.3) is 0 Å². The summed E-state index contributed by atoms with van der Waals surface area (Å²) in [7, 11) is 0. The van der Waals surface area contributed by atoms with Crippen LogP contribution in [-0.4, -0.2) is 16.7 Å². The van der Waals surface area contributed by atoms with Crippen LogP contribution in [0.1, 0.15) is 50.2 Å². The Hall–Kier alpha value is -0.900. The van der Waals surface area contributed by atoms with Crippen molar-refractivity contribution in [3.05, 3.63) is 11.7 Å². The molecule has 0 aliphatic heterocycles. The maximum atomic E-state index is 5.90. The number of hydrogen-bond acceptors (Lipinski definition) is 4. The number of nitrogens with two attached hydrogens (primary N) is 1. The lowest BCUT2D eigenvalue weighted by atomic mass is 9.86. The molecule has 0 aromatic carbocycles. The van der Waals surface area contributed by atoms with Gasteiger partial charge in [0.1, 0.15) is 0 Å². The van der Waals surface area contributed by atoms with Gasteiger partial charge in [-0.1, -0.05) is 18.0 Å². The standard InChI is InChI=1S/C12H19N3O/c13-8-12(5-1-2-6-12)11-14-10(15-16-11)7-9-3-4-9/h9H,1-8,13H2. The van der Waals surface area contributed by atoms with E-state index in [1.165, 1.54) is 25.7 Å². The van der Waals surface area contributed by atoms with Crippen LogP contribution in [0.3, 0.4) is 0 Å². The molecule has 0 spiro atoms. The van der Waals surface area contributed by atoms with Crippen LogP contribution in [0.15, 0.2) is 4.52 Å². The van der Waals surface area contributed by atoms with Crippen molar-refractivity contribution in [1.82, 2.24) is 10.1 Å². The summed E-state index contributed by atoms with van der Waals surface area (Å²) in [5.74, 6) is 2.49. The Morgan fingerprint density at radius 3 is 2.69 bits per heavy atom. The minimum atomic E-state index is -0.00516. The van der Waals surface area contributed by atoms with Crippen molar-refractivity contribution in [1.29, 1.82) is 0 Å². The van der Waals surface area contributed by atoms with E-state index in [1.807, 2.05) is 0 Å². The zero-order chi connectivity index (χ0) is 11.0. The van der Waals surface area contributed by atoms with E-state index >= 15 is 0 Å². The number of hydrogen-bond donors (Lipinski definition) is 1. The van der Waals surface area contributed by atoms with E-state index < -0.39 is 0 Å². The number of nitrogens with zero attached hydrogens (tertiary/aromatic N) is 2. The van der Waals surface area contributed by atoms with Crippen LogP contribution in [0, 0.1) is 5.92 Å². The van der Waals surface area contributed by atoms with Gasteiger partial charge in [0, 0.05) is 13.0 Å². The van der Waals surface area contributed by atoms with Crippen molar-refractivity contribution in [2.75, 3.05) is 6.54 Å². The molecular formula is C12H19N3O. The summed E-state index contributed by atoms with van der Waals surface area (Å²) in [6, 6.07) is 0. The van der Waals surface area contributed by atoms with Crippen LogP contribution in [0.2, 0.25) is 0 Å². The van der Waals surface area contributed by atoms with Gasteiger partial charge < -0.3 is 10.3 Å². The van der Waals surface area contributed by atoms with Crippen LogP contribution < -0.4 is 5.73 Å². The van der Waals surface area contributed by atoms with Crippen LogP contribution in [0.5, 0.6) is 0 Å². The zero-order valence-corrected chi connectivity index (χ0v) is 9.61. The van der Waals surface area contributed by atoms with Crippen molar-refractivity contribution in [2.45, 2.75) is 50.4 Å². The van der Waals surface area contributed by atoms with Crippen molar-refractivity contribution >= 4 is 0 Å². The molecule has 1 heterocycles. The summed E-state index contributed by atoms with van der Waals surface area (Å²) in [5, 5.41) is 4.09. The van der Waals surface area contributed by atoms with Gasteiger partial charge in [0.15, 0.2) is 5.82 Å². The second kappa shape index (κ2) is 3.84. The minimum absolute atomic E-state index is 0.00516. The fraction of sp³-hybridized carbons (Fsp3) is 0.833. The highest BCUT2D eigenvalue weighted by molar-refractivity contribution is 5.09. The molecule has 0 saturated heterocycles. The Balaban J connectivity index is 1.78. The average Bonchev–Trinajstić information content (AvgIpc) is 2.83. The first-order valence-corrected chi connectivity index (χ1v) is 6.35. The van der Waals surface area contributed by atoms with E-state index in [0.29, 0.717) is 6.54 Å². The quantitative estimate of drug-likeness (QED) is 0.841. The van der Waals surface area contributed by atoms with Gasteiger partial charge in [-0.3, -0.25) is 0 Å². The summed E-state index contributed by atoms with van der Waals surface area (Å²) in [6.45, 7) is 0.637. The molecule has 0 unspecified atom stereocenters. The maximum Gasteiger partial charge on any atom is 0.234 e. The van der Waals surface area contributed by atoms with E-state index in [0.717, 1.165) is 36.9 Å². The van der Waals surface area contributed by atoms with Crippen molar-refractivity contribution in [3.8, 4) is 0 Å². The molecule has 2 aliphatic carbocycles. The predicted molar refractivity (Wildman–Crippen MR) is 59.9 cm³/mol. The van der Waals surface area contributed by atoms with Gasteiger partial charge in [0.2, 0.25) is 5.89 Å². The second-order valence-corrected chi connectivity index (χ2v) is 5.35. The summed E-state index contributed by atoms with van der Waals surface area (Å²) in [6.07, 6.45) is 8.32. The highest BCUT2D eigenvalue weighted by Gasteiger charge is 2.39. The molecule has 0 radical (unpaired) electrons. The number of rotatable bonds is 4. The molecule has 2 fully saturated rings. The molecule has 0 atom stereocenters. The topological polar surface area (TPSA) is 64.9 Å². The molecule has 0 amide bonds. The molecule has 1 aromatic rings. The molecule has 4 heteroatoms. The highest BCUT2D eigenvalue weighted by atomic mass is 16.5. The van der Waals surface area contributed by atoms with E-state index in [9.17, 15) is 0 Å². The molecule has 2 N–H and O–H groups in total. The zero-order valence-electron chi connectivity index (χ0n) is 9.61. The molecule has 3 rings (SSSR count). The van der Waals surface area contributed by atoms with E-state index in [1.54, 1.807) is 0 Å². The Kier molecular flexibility index (Phi) is 2.46. The predicted octanol–water partition coefficient (Wildman–Crippen LogP) is 1.79. The van der Waals surface area contributed by atoms with Crippen molar-refractivity contribution < 1.29 is 4.52 Å². The molecule has 16 heavy (non-hydrogen) atoms. The third-order valence-corrected chi connectivity index (χ3v) is 4.04. The highest BCUT2D eigenvalue weighted by Crippen LogP contribution is 2.39. The van der Waals surface area contributed by atoms with E-state index in [2.05, 4.69) is 10.1 Å². The van der Waals surface area contributed by atoms with Gasteiger partial charge in [-0.25, -0.2) is 0 Å². The first-order valence-electron chi connectivity index (χ1n) is 6.35. The monoisotopic (exact) mass is 221 g/mol. The summed E-state index contributed by atoms with van der Waals surface area (Å²) in [4.78, 5) is 4.56. The Labute approximate surface area is 95.6 Å². The molecule has 2 aliphatic rings. The summed E-state index contributed by atoms with van der Waals surface area (Å²) >= 11 is 0. The third-order valence-electron chi connectivity index (χ3n) is 4.04. The Bertz CT molecular complexity index is 364. The van der Waals surface area contributed by atoms with Crippen LogP contribution in [0.4, 0.5) is 0 Å². The van der Waals surface area contributed by atoms with E-state index in [-0.39, 0.29) is 5.41 Å². The van der Waals surface area contributed by atoms with Crippen molar-refractivity contribution in [3.63, 3.8) is 0 Å². The van der Waals surface area contributed by atoms with Gasteiger partial charge >= 0.3 is 0 Å². The average molecular weight is 221 g/mol. The largest absolute Gasteiger partial charge is 0.339 e. The molecule has 88 valence electrons. The molecule has 0 bridgehead atoms. The maximum absolute atomic E-state index is 5.90. The SMILES string of the molecule is NCC1(c2nc(CC3CC3)no2)CCCC1. The fourth-order valence-corrected chi connectivity index (χ4v) is 2.69. The first-order chi connectivity index (χ1) is 7.82. The van der Waals surface area contributed by atoms with Crippen LogP contribution in [0.25, 0.3) is 0 Å². The number of aromatic nitrogens is 2. The summed E-state index contributed by atoms with van der Waals surface area (Å²) < 4.78 is 5.43. The van der Waals surface area contributed by atoms with Gasteiger partial charge in [-0.15, -0.1) is 0 Å². The molecule has 4 nitrogen and oxygen atoms in total. The molecular weight excluding hydrogens is 202 g/mol. The first kappa shape index (κ1) is 10.3. The lowest BCUT2D eigenvalue weighted by Gasteiger charge is -2.21. The normalized spacial score (nSPS) is 23.8. The summed E-state index contributed by atoms with van der Waals surface area (Å²) in [5.41, 5.74) is 5.89. The van der Waals surface area contributed by atoms with Crippen LogP contribution in [-0.2, 0) is 11.8 Å². The molecule has 1 aromatic heterocycles. The second-order valence-electron chi connectivity index (χ2n) is 5.35. The van der Waals surface area contributed by atoms with Gasteiger partial charge in [-0.2, -0.15) is 4.98 Å².